The minimum atomic E-state index is -4.03. The third-order valence-corrected chi connectivity index (χ3v) is 7.25. The molecule has 0 bridgehead atoms. The molecule has 2 aromatic carbocycles. The minimum absolute atomic E-state index is 0.00958. The molecule has 0 saturated carbocycles. The third kappa shape index (κ3) is 7.69. The Kier molecular flexibility index (Phi) is 8.97. The van der Waals surface area contributed by atoms with E-state index in [0.717, 1.165) is 5.56 Å². The van der Waals surface area contributed by atoms with Gasteiger partial charge in [-0.2, -0.15) is 4.72 Å². The molecule has 1 aliphatic heterocycles. The largest absolute Gasteiger partial charge is 0.497 e. The van der Waals surface area contributed by atoms with Gasteiger partial charge in [0.05, 0.1) is 12.0 Å². The summed E-state index contributed by atoms with van der Waals surface area (Å²) in [5, 5.41) is 0. The maximum Gasteiger partial charge on any atom is 0.410 e. The number of hydrogen-bond acceptors (Lipinski definition) is 7. The Morgan fingerprint density at radius 1 is 1.03 bits per heavy atom. The van der Waals surface area contributed by atoms with Gasteiger partial charge in [-0.25, -0.2) is 13.2 Å². The van der Waals surface area contributed by atoms with Gasteiger partial charge >= 0.3 is 12.1 Å². The highest BCUT2D eigenvalue weighted by Crippen LogP contribution is 2.25. The summed E-state index contributed by atoms with van der Waals surface area (Å²) in [4.78, 5) is 27.2. The molecule has 196 valence electrons. The van der Waals surface area contributed by atoms with E-state index in [4.69, 9.17) is 14.2 Å². The molecule has 1 amide bonds. The number of rotatable bonds is 8. The van der Waals surface area contributed by atoms with Gasteiger partial charge in [-0.1, -0.05) is 30.3 Å². The normalized spacial score (nSPS) is 15.7. The number of carbonyl (C=O) groups is 2. The Morgan fingerprint density at radius 2 is 1.64 bits per heavy atom. The van der Waals surface area contributed by atoms with E-state index in [1.54, 1.807) is 25.7 Å². The van der Waals surface area contributed by atoms with Crippen molar-refractivity contribution in [2.45, 2.75) is 56.8 Å². The number of carbonyl (C=O) groups excluding carboxylic acids is 2. The lowest BCUT2D eigenvalue weighted by molar-refractivity contribution is -0.149. The zero-order valence-corrected chi connectivity index (χ0v) is 21.9. The van der Waals surface area contributed by atoms with Crippen LogP contribution in [0.15, 0.2) is 59.5 Å². The topological polar surface area (TPSA) is 111 Å². The zero-order chi connectivity index (χ0) is 26.3. The lowest BCUT2D eigenvalue weighted by atomic mass is 9.90. The second kappa shape index (κ2) is 11.7. The molecule has 0 aromatic heterocycles. The molecule has 1 heterocycles. The fourth-order valence-electron chi connectivity index (χ4n) is 3.89. The maximum atomic E-state index is 13.2. The number of piperidine rings is 1. The summed E-state index contributed by atoms with van der Waals surface area (Å²) in [7, 11) is -2.54. The summed E-state index contributed by atoms with van der Waals surface area (Å²) < 4.78 is 44.9. The molecular formula is C26H34N2O7S. The smallest absolute Gasteiger partial charge is 0.410 e. The van der Waals surface area contributed by atoms with Crippen LogP contribution in [0.1, 0.15) is 39.2 Å². The van der Waals surface area contributed by atoms with Crippen molar-refractivity contribution >= 4 is 22.1 Å². The van der Waals surface area contributed by atoms with E-state index >= 15 is 0 Å². The Labute approximate surface area is 212 Å². The molecule has 3 rings (SSSR count). The quantitative estimate of drug-likeness (QED) is 0.530. The van der Waals surface area contributed by atoms with Gasteiger partial charge in [-0.05, 0) is 69.4 Å². The van der Waals surface area contributed by atoms with E-state index in [9.17, 15) is 18.0 Å². The number of benzene rings is 2. The van der Waals surface area contributed by atoms with Gasteiger partial charge in [0, 0.05) is 13.1 Å². The molecule has 0 aliphatic carbocycles. The van der Waals surface area contributed by atoms with Gasteiger partial charge in [0.1, 0.15) is 24.0 Å². The fourth-order valence-corrected chi connectivity index (χ4v) is 5.14. The molecule has 0 spiro atoms. The predicted molar refractivity (Wildman–Crippen MR) is 134 cm³/mol. The van der Waals surface area contributed by atoms with Crippen molar-refractivity contribution in [3.05, 3.63) is 60.2 Å². The van der Waals surface area contributed by atoms with Crippen molar-refractivity contribution in [1.29, 1.82) is 0 Å². The summed E-state index contributed by atoms with van der Waals surface area (Å²) >= 11 is 0. The molecule has 1 unspecified atom stereocenters. The van der Waals surface area contributed by atoms with E-state index in [1.807, 2.05) is 30.3 Å². The number of methoxy groups -OCH3 is 1. The first-order chi connectivity index (χ1) is 17.0. The van der Waals surface area contributed by atoms with Crippen molar-refractivity contribution in [2.75, 3.05) is 20.2 Å². The SMILES string of the molecule is COc1ccc(S(=O)(=O)NC(C(=O)OCc2ccccc2)C2CCN(C(=O)OC(C)(C)C)CC2)cc1. The van der Waals surface area contributed by atoms with E-state index in [1.165, 1.54) is 31.4 Å². The number of ether oxygens (including phenoxy) is 3. The highest BCUT2D eigenvalue weighted by molar-refractivity contribution is 7.89. The summed E-state index contributed by atoms with van der Waals surface area (Å²) in [5.74, 6) is -0.506. The van der Waals surface area contributed by atoms with Crippen LogP contribution < -0.4 is 9.46 Å². The maximum absolute atomic E-state index is 13.2. The van der Waals surface area contributed by atoms with Gasteiger partial charge in [0.15, 0.2) is 0 Å². The molecular weight excluding hydrogens is 484 g/mol. The number of amides is 1. The number of nitrogens with zero attached hydrogens (tertiary/aromatic N) is 1. The van der Waals surface area contributed by atoms with Crippen LogP contribution in [0.3, 0.4) is 0 Å². The first-order valence-electron chi connectivity index (χ1n) is 11.8. The Balaban J connectivity index is 1.74. The molecule has 9 nitrogen and oxygen atoms in total. The number of esters is 1. The monoisotopic (exact) mass is 518 g/mol. The second-order valence-electron chi connectivity index (χ2n) is 9.67. The standard InChI is InChI=1S/C26H34N2O7S/c1-26(2,3)35-25(30)28-16-14-20(15-17-28)23(24(29)34-18-19-8-6-5-7-9-19)27-36(31,32)22-12-10-21(33-4)11-13-22/h5-13,20,23,27H,14-18H2,1-4H3. The molecule has 1 saturated heterocycles. The van der Waals surface area contributed by atoms with E-state index in [0.29, 0.717) is 31.7 Å². The van der Waals surface area contributed by atoms with Crippen LogP contribution in [-0.4, -0.2) is 57.2 Å². The van der Waals surface area contributed by atoms with Gasteiger partial charge in [-0.15, -0.1) is 0 Å². The first kappa shape index (κ1) is 27.5. The second-order valence-corrected chi connectivity index (χ2v) is 11.4. The van der Waals surface area contributed by atoms with Crippen LogP contribution in [-0.2, 0) is 30.9 Å². The third-order valence-electron chi connectivity index (χ3n) is 5.79. The van der Waals surface area contributed by atoms with Crippen molar-refractivity contribution < 1.29 is 32.2 Å². The highest BCUT2D eigenvalue weighted by atomic mass is 32.2. The van der Waals surface area contributed by atoms with Crippen molar-refractivity contribution in [1.82, 2.24) is 9.62 Å². The van der Waals surface area contributed by atoms with Gasteiger partial charge in [0.25, 0.3) is 0 Å². The van der Waals surface area contributed by atoms with Crippen LogP contribution in [0.5, 0.6) is 5.75 Å². The van der Waals surface area contributed by atoms with Crippen molar-refractivity contribution in [3.8, 4) is 5.75 Å². The molecule has 0 radical (unpaired) electrons. The predicted octanol–water partition coefficient (Wildman–Crippen LogP) is 3.73. The van der Waals surface area contributed by atoms with Crippen LogP contribution in [0.25, 0.3) is 0 Å². The molecule has 1 atom stereocenters. The Bertz CT molecular complexity index is 1120. The number of nitrogens with one attached hydrogen (secondary N) is 1. The Hall–Kier alpha value is -3.11. The van der Waals surface area contributed by atoms with Crippen LogP contribution in [0.2, 0.25) is 0 Å². The van der Waals surface area contributed by atoms with Crippen molar-refractivity contribution in [3.63, 3.8) is 0 Å². The van der Waals surface area contributed by atoms with Crippen LogP contribution in [0, 0.1) is 5.92 Å². The average molecular weight is 519 g/mol. The first-order valence-corrected chi connectivity index (χ1v) is 13.3. The number of hydrogen-bond donors (Lipinski definition) is 1. The summed E-state index contributed by atoms with van der Waals surface area (Å²) in [6.07, 6.45) is 0.397. The zero-order valence-electron chi connectivity index (χ0n) is 21.1. The molecule has 1 aliphatic rings. The van der Waals surface area contributed by atoms with Crippen molar-refractivity contribution in [2.24, 2.45) is 5.92 Å². The number of sulfonamides is 1. The van der Waals surface area contributed by atoms with Crippen LogP contribution in [0.4, 0.5) is 4.79 Å². The van der Waals surface area contributed by atoms with E-state index in [2.05, 4.69) is 4.72 Å². The molecule has 36 heavy (non-hydrogen) atoms. The molecule has 10 heteroatoms. The van der Waals surface area contributed by atoms with Gasteiger partial charge in [0.2, 0.25) is 10.0 Å². The summed E-state index contributed by atoms with van der Waals surface area (Å²) in [5.41, 5.74) is 0.175. The average Bonchev–Trinajstić information content (AvgIpc) is 2.85. The Morgan fingerprint density at radius 3 is 2.19 bits per heavy atom. The molecule has 2 aromatic rings. The summed E-state index contributed by atoms with van der Waals surface area (Å²) in [6.45, 7) is 6.09. The highest BCUT2D eigenvalue weighted by Gasteiger charge is 2.37. The van der Waals surface area contributed by atoms with E-state index in [-0.39, 0.29) is 17.4 Å². The fraction of sp³-hybridized carbons (Fsp3) is 0.462. The lowest BCUT2D eigenvalue weighted by Crippen LogP contribution is -2.51. The number of likely N-dealkylation sites (tertiary alicyclic amines) is 1. The molecule has 1 fully saturated rings. The van der Waals surface area contributed by atoms with Gasteiger partial charge < -0.3 is 19.1 Å². The lowest BCUT2D eigenvalue weighted by Gasteiger charge is -2.36. The summed E-state index contributed by atoms with van der Waals surface area (Å²) in [6, 6.07) is 14.0. The minimum Gasteiger partial charge on any atom is -0.497 e. The van der Waals surface area contributed by atoms with Crippen LogP contribution >= 0.6 is 0 Å². The van der Waals surface area contributed by atoms with Gasteiger partial charge in [-0.3, -0.25) is 4.79 Å². The molecule has 1 N–H and O–H groups in total. The van der Waals surface area contributed by atoms with E-state index < -0.39 is 33.7 Å².